The molecule has 0 spiro atoms. The van der Waals surface area contributed by atoms with Crippen molar-refractivity contribution in [3.63, 3.8) is 0 Å². The average molecular weight is 401 g/mol. The molecule has 0 aromatic heterocycles. The topological polar surface area (TPSA) is 55.9 Å². The molecule has 3 rings (SSSR count). The van der Waals surface area contributed by atoms with Gasteiger partial charge in [0, 0.05) is 50.9 Å². The number of rotatable bonds is 6. The lowest BCUT2D eigenvalue weighted by atomic mass is 9.99. The minimum absolute atomic E-state index is 0.0603. The summed E-state index contributed by atoms with van der Waals surface area (Å²) in [5.41, 5.74) is 2.06. The number of benzene rings is 1. The second kappa shape index (κ2) is 10.2. The predicted octanol–water partition coefficient (Wildman–Crippen LogP) is 2.45. The zero-order chi connectivity index (χ0) is 20.8. The van der Waals surface area contributed by atoms with E-state index in [1.807, 2.05) is 26.0 Å². The molecular weight excluding hydrogens is 364 g/mol. The van der Waals surface area contributed by atoms with E-state index in [0.29, 0.717) is 6.54 Å². The number of carbonyl (C=O) groups excluding carboxylic acids is 2. The van der Waals surface area contributed by atoms with Gasteiger partial charge in [-0.3, -0.25) is 9.59 Å². The summed E-state index contributed by atoms with van der Waals surface area (Å²) in [6, 6.07) is 7.79. The fourth-order valence-corrected chi connectivity index (χ4v) is 4.19. The number of hydrogen-bond donors (Lipinski definition) is 1. The summed E-state index contributed by atoms with van der Waals surface area (Å²) < 4.78 is 0. The highest BCUT2D eigenvalue weighted by atomic mass is 16.2. The first-order valence-corrected chi connectivity index (χ1v) is 11.0. The van der Waals surface area contributed by atoms with Gasteiger partial charge in [0.15, 0.2) is 0 Å². The molecule has 0 radical (unpaired) electrons. The Kier molecular flexibility index (Phi) is 7.67. The van der Waals surface area contributed by atoms with Crippen LogP contribution in [0.15, 0.2) is 24.3 Å². The van der Waals surface area contributed by atoms with E-state index in [1.165, 1.54) is 5.56 Å². The largest absolute Gasteiger partial charge is 0.330 e. The highest BCUT2D eigenvalue weighted by Crippen LogP contribution is 2.21. The summed E-state index contributed by atoms with van der Waals surface area (Å²) in [6.45, 7) is 10.0. The molecular formula is C23H36N4O2. The minimum Gasteiger partial charge on any atom is -0.330 e. The number of carbonyl (C=O) groups is 2. The van der Waals surface area contributed by atoms with Crippen LogP contribution in [0, 0.1) is 5.92 Å². The Bertz CT molecular complexity index is 698. The number of piperidine rings is 1. The van der Waals surface area contributed by atoms with Gasteiger partial charge in [-0.1, -0.05) is 26.0 Å². The normalized spacial score (nSPS) is 21.4. The molecule has 2 heterocycles. The number of amides is 2. The van der Waals surface area contributed by atoms with Crippen molar-refractivity contribution >= 4 is 17.5 Å². The highest BCUT2D eigenvalue weighted by molar-refractivity contribution is 5.97. The molecule has 0 bridgehead atoms. The van der Waals surface area contributed by atoms with Crippen LogP contribution < -0.4 is 5.32 Å². The van der Waals surface area contributed by atoms with Gasteiger partial charge < -0.3 is 20.0 Å². The third kappa shape index (κ3) is 6.03. The smallest absolute Gasteiger partial charge is 0.247 e. The van der Waals surface area contributed by atoms with E-state index in [9.17, 15) is 9.59 Å². The Labute approximate surface area is 175 Å². The van der Waals surface area contributed by atoms with Gasteiger partial charge >= 0.3 is 0 Å². The zero-order valence-corrected chi connectivity index (χ0v) is 18.2. The SMILES string of the molecule is CC(C)C(=O)N1CCCC[C@@H]1C(=O)Nc1cccc(CCN2CCN(C)CC2)c1. The van der Waals surface area contributed by atoms with Gasteiger partial charge in [-0.25, -0.2) is 0 Å². The van der Waals surface area contributed by atoms with Crippen LogP contribution in [0.5, 0.6) is 0 Å². The van der Waals surface area contributed by atoms with Crippen LogP contribution in [0.3, 0.4) is 0 Å². The molecule has 1 atom stereocenters. The third-order valence-corrected chi connectivity index (χ3v) is 6.09. The highest BCUT2D eigenvalue weighted by Gasteiger charge is 2.33. The lowest BCUT2D eigenvalue weighted by molar-refractivity contribution is -0.142. The minimum atomic E-state index is -0.354. The number of piperazine rings is 1. The fraction of sp³-hybridized carbons (Fsp3) is 0.652. The molecule has 0 saturated carbocycles. The maximum absolute atomic E-state index is 12.9. The predicted molar refractivity (Wildman–Crippen MR) is 117 cm³/mol. The van der Waals surface area contributed by atoms with Crippen LogP contribution in [-0.4, -0.2) is 78.9 Å². The van der Waals surface area contributed by atoms with Crippen LogP contribution in [0.4, 0.5) is 5.69 Å². The number of anilines is 1. The van der Waals surface area contributed by atoms with E-state index >= 15 is 0 Å². The van der Waals surface area contributed by atoms with E-state index in [0.717, 1.165) is 64.1 Å². The summed E-state index contributed by atoms with van der Waals surface area (Å²) in [5.74, 6) is -0.0676. The second-order valence-corrected chi connectivity index (χ2v) is 8.78. The van der Waals surface area contributed by atoms with Crippen molar-refractivity contribution in [3.8, 4) is 0 Å². The summed E-state index contributed by atoms with van der Waals surface area (Å²) in [7, 11) is 2.17. The molecule has 2 aliphatic heterocycles. The Morgan fingerprint density at radius 3 is 2.59 bits per heavy atom. The first kappa shape index (κ1) is 21.8. The lowest BCUT2D eigenvalue weighted by Gasteiger charge is -2.35. The molecule has 6 heteroatoms. The van der Waals surface area contributed by atoms with Gasteiger partial charge in [-0.15, -0.1) is 0 Å². The first-order valence-electron chi connectivity index (χ1n) is 11.0. The Hall–Kier alpha value is -1.92. The maximum atomic E-state index is 12.9. The third-order valence-electron chi connectivity index (χ3n) is 6.09. The monoisotopic (exact) mass is 400 g/mol. The number of likely N-dealkylation sites (tertiary alicyclic amines) is 1. The quantitative estimate of drug-likeness (QED) is 0.797. The lowest BCUT2D eigenvalue weighted by Crippen LogP contribution is -2.51. The van der Waals surface area contributed by atoms with Crippen LogP contribution in [-0.2, 0) is 16.0 Å². The molecule has 2 amide bonds. The summed E-state index contributed by atoms with van der Waals surface area (Å²) in [6.07, 6.45) is 3.69. The molecule has 160 valence electrons. The number of nitrogens with zero attached hydrogens (tertiary/aromatic N) is 3. The average Bonchev–Trinajstić information content (AvgIpc) is 2.73. The van der Waals surface area contributed by atoms with Crippen LogP contribution in [0.1, 0.15) is 38.7 Å². The fourth-order valence-electron chi connectivity index (χ4n) is 4.19. The van der Waals surface area contributed by atoms with Crippen molar-refractivity contribution in [3.05, 3.63) is 29.8 Å². The molecule has 2 saturated heterocycles. The zero-order valence-electron chi connectivity index (χ0n) is 18.2. The second-order valence-electron chi connectivity index (χ2n) is 8.78. The van der Waals surface area contributed by atoms with Gasteiger partial charge in [-0.2, -0.15) is 0 Å². The maximum Gasteiger partial charge on any atom is 0.247 e. The van der Waals surface area contributed by atoms with Gasteiger partial charge in [0.1, 0.15) is 6.04 Å². The Morgan fingerprint density at radius 1 is 1.10 bits per heavy atom. The van der Waals surface area contributed by atoms with Crippen LogP contribution in [0.25, 0.3) is 0 Å². The van der Waals surface area contributed by atoms with Crippen LogP contribution >= 0.6 is 0 Å². The number of nitrogens with one attached hydrogen (secondary N) is 1. The first-order chi connectivity index (χ1) is 13.9. The van der Waals surface area contributed by atoms with Crippen molar-refractivity contribution in [2.45, 2.75) is 45.6 Å². The van der Waals surface area contributed by atoms with Gasteiger partial charge in [0.2, 0.25) is 11.8 Å². The summed E-state index contributed by atoms with van der Waals surface area (Å²) in [4.78, 5) is 32.1. The van der Waals surface area contributed by atoms with Gasteiger partial charge in [-0.05, 0) is 50.4 Å². The molecule has 6 nitrogen and oxygen atoms in total. The molecule has 2 aliphatic rings. The standard InChI is InChI=1S/C23H36N4O2/c1-18(2)23(29)27-11-5-4-9-21(27)22(28)24-20-8-6-7-19(17-20)10-12-26-15-13-25(3)14-16-26/h6-8,17-18,21H,4-5,9-16H2,1-3H3,(H,24,28)/t21-/m1/s1. The van der Waals surface area contributed by atoms with E-state index in [-0.39, 0.29) is 23.8 Å². The molecule has 1 aromatic carbocycles. The summed E-state index contributed by atoms with van der Waals surface area (Å²) in [5, 5.41) is 3.07. The molecule has 0 aliphatic carbocycles. The molecule has 2 fully saturated rings. The van der Waals surface area contributed by atoms with Crippen molar-refractivity contribution in [2.75, 3.05) is 51.6 Å². The van der Waals surface area contributed by atoms with Gasteiger partial charge in [0.05, 0.1) is 0 Å². The summed E-state index contributed by atoms with van der Waals surface area (Å²) >= 11 is 0. The molecule has 0 unspecified atom stereocenters. The van der Waals surface area contributed by atoms with E-state index in [1.54, 1.807) is 4.90 Å². The van der Waals surface area contributed by atoms with E-state index in [4.69, 9.17) is 0 Å². The van der Waals surface area contributed by atoms with Crippen molar-refractivity contribution in [2.24, 2.45) is 5.92 Å². The van der Waals surface area contributed by atoms with Crippen molar-refractivity contribution in [1.29, 1.82) is 0 Å². The van der Waals surface area contributed by atoms with Gasteiger partial charge in [0.25, 0.3) is 0 Å². The number of hydrogen-bond acceptors (Lipinski definition) is 4. The number of likely N-dealkylation sites (N-methyl/N-ethyl adjacent to an activating group) is 1. The van der Waals surface area contributed by atoms with Crippen molar-refractivity contribution in [1.82, 2.24) is 14.7 Å². The molecule has 1 aromatic rings. The Balaban J connectivity index is 1.57. The Morgan fingerprint density at radius 2 is 1.86 bits per heavy atom. The molecule has 29 heavy (non-hydrogen) atoms. The van der Waals surface area contributed by atoms with Crippen LogP contribution in [0.2, 0.25) is 0 Å². The van der Waals surface area contributed by atoms with Crippen molar-refractivity contribution < 1.29 is 9.59 Å². The van der Waals surface area contributed by atoms with E-state index in [2.05, 4.69) is 34.3 Å². The van der Waals surface area contributed by atoms with E-state index < -0.39 is 0 Å². The molecule has 1 N–H and O–H groups in total.